The van der Waals surface area contributed by atoms with Gasteiger partial charge < -0.3 is 14.6 Å². The molecule has 2 aromatic carbocycles. The fourth-order valence-corrected chi connectivity index (χ4v) is 4.91. The van der Waals surface area contributed by atoms with Gasteiger partial charge in [0.05, 0.1) is 6.26 Å². The van der Waals surface area contributed by atoms with Crippen LogP contribution in [0.15, 0.2) is 65.3 Å². The lowest BCUT2D eigenvalue weighted by atomic mass is 9.84. The molecule has 0 unspecified atom stereocenters. The van der Waals surface area contributed by atoms with Crippen molar-refractivity contribution in [2.45, 2.75) is 38.8 Å². The molecule has 1 saturated heterocycles. The van der Waals surface area contributed by atoms with E-state index in [1.54, 1.807) is 24.1 Å². The van der Waals surface area contributed by atoms with Crippen LogP contribution in [0.25, 0.3) is 0 Å². The van der Waals surface area contributed by atoms with E-state index >= 15 is 0 Å². The summed E-state index contributed by atoms with van der Waals surface area (Å²) in [6.45, 7) is 3.94. The van der Waals surface area contributed by atoms with Crippen molar-refractivity contribution < 1.29 is 22.8 Å². The molecule has 1 atom stereocenters. The Hall–Kier alpha value is -3.52. The molecule has 36 heavy (non-hydrogen) atoms. The zero-order valence-corrected chi connectivity index (χ0v) is 20.5. The largest absolute Gasteiger partial charge is 0.459 e. The standard InChI is InChI=1S/C28H31F2N3O3/c1-19(34)31-24-9-5-20(6-10-24)18-33-13-11-21(12-14-33)26(16-22-7-8-23(29)17-25(22)30)32(2)28(35)27-4-3-15-36-27/h3-10,15,17,21,26H,11-14,16,18H2,1-2H3,(H,31,34)/t26-/m0/s1. The third-order valence-electron chi connectivity index (χ3n) is 6.85. The highest BCUT2D eigenvalue weighted by Gasteiger charge is 2.33. The molecule has 1 fully saturated rings. The first-order valence-electron chi connectivity index (χ1n) is 12.1. The van der Waals surface area contributed by atoms with E-state index in [4.69, 9.17) is 4.42 Å². The maximum atomic E-state index is 14.5. The van der Waals surface area contributed by atoms with Gasteiger partial charge in [0.2, 0.25) is 5.91 Å². The summed E-state index contributed by atoms with van der Waals surface area (Å²) < 4.78 is 33.3. The number of benzene rings is 2. The highest BCUT2D eigenvalue weighted by atomic mass is 19.1. The van der Waals surface area contributed by atoms with Gasteiger partial charge in [0.15, 0.2) is 5.76 Å². The number of furan rings is 1. The number of likely N-dealkylation sites (N-methyl/N-ethyl adjacent to an activating group) is 1. The van der Waals surface area contributed by atoms with Crippen LogP contribution < -0.4 is 5.32 Å². The van der Waals surface area contributed by atoms with Crippen molar-refractivity contribution >= 4 is 17.5 Å². The summed E-state index contributed by atoms with van der Waals surface area (Å²) >= 11 is 0. The van der Waals surface area contributed by atoms with Gasteiger partial charge in [0.1, 0.15) is 11.6 Å². The number of amides is 2. The number of nitrogens with zero attached hydrogens (tertiary/aromatic N) is 2. The monoisotopic (exact) mass is 495 g/mol. The fourth-order valence-electron chi connectivity index (χ4n) is 4.91. The van der Waals surface area contributed by atoms with Crippen LogP contribution in [0.1, 0.15) is 41.4 Å². The molecular weight excluding hydrogens is 464 g/mol. The molecule has 3 aromatic rings. The van der Waals surface area contributed by atoms with E-state index in [-0.39, 0.29) is 29.5 Å². The zero-order valence-electron chi connectivity index (χ0n) is 20.5. The van der Waals surface area contributed by atoms with E-state index in [9.17, 15) is 18.4 Å². The quantitative estimate of drug-likeness (QED) is 0.472. The molecule has 0 radical (unpaired) electrons. The molecule has 190 valence electrons. The normalized spacial score (nSPS) is 15.4. The molecule has 2 heterocycles. The summed E-state index contributed by atoms with van der Waals surface area (Å²) in [5.41, 5.74) is 2.31. The SMILES string of the molecule is CC(=O)Nc1ccc(CN2CCC([C@H](Cc3ccc(F)cc3F)N(C)C(=O)c3ccco3)CC2)cc1. The van der Waals surface area contributed by atoms with E-state index in [2.05, 4.69) is 10.2 Å². The van der Waals surface area contributed by atoms with Crippen molar-refractivity contribution in [3.8, 4) is 0 Å². The lowest BCUT2D eigenvalue weighted by molar-refractivity contribution is -0.114. The van der Waals surface area contributed by atoms with Crippen LogP contribution in [-0.4, -0.2) is 47.8 Å². The third-order valence-corrected chi connectivity index (χ3v) is 6.85. The topological polar surface area (TPSA) is 65.8 Å². The van der Waals surface area contributed by atoms with E-state index in [0.29, 0.717) is 12.0 Å². The number of carbonyl (C=O) groups excluding carboxylic acids is 2. The molecule has 1 aromatic heterocycles. The Morgan fingerprint density at radius 2 is 1.83 bits per heavy atom. The maximum Gasteiger partial charge on any atom is 0.289 e. The number of rotatable bonds is 8. The highest BCUT2D eigenvalue weighted by molar-refractivity contribution is 5.91. The number of piperidine rings is 1. The number of likely N-dealkylation sites (tertiary alicyclic amines) is 1. The number of carbonyl (C=O) groups is 2. The second-order valence-electron chi connectivity index (χ2n) is 9.39. The second kappa shape index (κ2) is 11.5. The van der Waals surface area contributed by atoms with Crippen LogP contribution in [-0.2, 0) is 17.8 Å². The van der Waals surface area contributed by atoms with Gasteiger partial charge in [-0.25, -0.2) is 8.78 Å². The molecule has 2 amide bonds. The Labute approximate surface area is 209 Å². The summed E-state index contributed by atoms with van der Waals surface area (Å²) in [5.74, 6) is -1.19. The number of anilines is 1. The van der Waals surface area contributed by atoms with Crippen molar-refractivity contribution in [3.05, 3.63) is 89.4 Å². The Balaban J connectivity index is 1.43. The lowest BCUT2D eigenvalue weighted by Crippen LogP contribution is -2.47. The molecule has 0 aliphatic carbocycles. The highest BCUT2D eigenvalue weighted by Crippen LogP contribution is 2.29. The predicted molar refractivity (Wildman–Crippen MR) is 133 cm³/mol. The van der Waals surface area contributed by atoms with Crippen molar-refractivity contribution in [1.29, 1.82) is 0 Å². The average Bonchev–Trinajstić information content (AvgIpc) is 3.39. The minimum Gasteiger partial charge on any atom is -0.459 e. The maximum absolute atomic E-state index is 14.5. The van der Waals surface area contributed by atoms with E-state index < -0.39 is 11.6 Å². The molecular formula is C28H31F2N3O3. The van der Waals surface area contributed by atoms with E-state index in [0.717, 1.165) is 49.8 Å². The first-order valence-corrected chi connectivity index (χ1v) is 12.1. The van der Waals surface area contributed by atoms with Gasteiger partial charge in [-0.1, -0.05) is 18.2 Å². The molecule has 0 bridgehead atoms. The first kappa shape index (κ1) is 25.6. The molecule has 4 rings (SSSR count). The van der Waals surface area contributed by atoms with Crippen LogP contribution in [0.5, 0.6) is 0 Å². The number of hydrogen-bond donors (Lipinski definition) is 1. The van der Waals surface area contributed by atoms with Gasteiger partial charge in [0, 0.05) is 38.3 Å². The smallest absolute Gasteiger partial charge is 0.289 e. The molecule has 1 N–H and O–H groups in total. The van der Waals surface area contributed by atoms with E-state index in [1.165, 1.54) is 25.3 Å². The molecule has 6 nitrogen and oxygen atoms in total. The zero-order chi connectivity index (χ0) is 25.7. The Morgan fingerprint density at radius 1 is 1.11 bits per heavy atom. The van der Waals surface area contributed by atoms with Gasteiger partial charge in [0.25, 0.3) is 5.91 Å². The van der Waals surface area contributed by atoms with Crippen LogP contribution >= 0.6 is 0 Å². The van der Waals surface area contributed by atoms with Crippen LogP contribution in [0.4, 0.5) is 14.5 Å². The first-order chi connectivity index (χ1) is 17.3. The summed E-state index contributed by atoms with van der Waals surface area (Å²) in [6, 6.07) is 14.4. The second-order valence-corrected chi connectivity index (χ2v) is 9.39. The van der Waals surface area contributed by atoms with Crippen LogP contribution in [0.2, 0.25) is 0 Å². The minimum absolute atomic E-state index is 0.101. The number of nitrogens with one attached hydrogen (secondary N) is 1. The fraction of sp³-hybridized carbons (Fsp3) is 0.357. The number of halogens is 2. The van der Waals surface area contributed by atoms with Gasteiger partial charge in [-0.05, 0) is 79.7 Å². The Bertz CT molecular complexity index is 1170. The van der Waals surface area contributed by atoms with Crippen molar-refractivity contribution in [1.82, 2.24) is 9.80 Å². The molecule has 1 aliphatic rings. The third kappa shape index (κ3) is 6.37. The van der Waals surface area contributed by atoms with Crippen LogP contribution in [0.3, 0.4) is 0 Å². The predicted octanol–water partition coefficient (Wildman–Crippen LogP) is 5.11. The molecule has 1 aliphatic heterocycles. The van der Waals surface area contributed by atoms with Gasteiger partial charge in [-0.15, -0.1) is 0 Å². The molecule has 0 spiro atoms. The summed E-state index contributed by atoms with van der Waals surface area (Å²) in [6.07, 6.45) is 3.43. The summed E-state index contributed by atoms with van der Waals surface area (Å²) in [5, 5.41) is 2.77. The number of hydrogen-bond acceptors (Lipinski definition) is 4. The average molecular weight is 496 g/mol. The molecule has 8 heteroatoms. The summed E-state index contributed by atoms with van der Waals surface area (Å²) in [4.78, 5) is 28.3. The Kier molecular flexibility index (Phi) is 8.15. The van der Waals surface area contributed by atoms with Crippen molar-refractivity contribution in [2.24, 2.45) is 5.92 Å². The van der Waals surface area contributed by atoms with Gasteiger partial charge >= 0.3 is 0 Å². The van der Waals surface area contributed by atoms with Crippen molar-refractivity contribution in [3.63, 3.8) is 0 Å². The summed E-state index contributed by atoms with van der Waals surface area (Å²) in [7, 11) is 1.72. The van der Waals surface area contributed by atoms with Crippen LogP contribution in [0, 0.1) is 17.6 Å². The lowest BCUT2D eigenvalue weighted by Gasteiger charge is -2.40. The Morgan fingerprint density at radius 3 is 2.44 bits per heavy atom. The van der Waals surface area contributed by atoms with Gasteiger partial charge in [-0.3, -0.25) is 14.5 Å². The van der Waals surface area contributed by atoms with E-state index in [1.807, 2.05) is 24.3 Å². The molecule has 0 saturated carbocycles. The van der Waals surface area contributed by atoms with Gasteiger partial charge in [-0.2, -0.15) is 0 Å². The minimum atomic E-state index is -0.619. The van der Waals surface area contributed by atoms with Crippen molar-refractivity contribution in [2.75, 3.05) is 25.5 Å².